The summed E-state index contributed by atoms with van der Waals surface area (Å²) in [6, 6.07) is 6.40. The van der Waals surface area contributed by atoms with Gasteiger partial charge in [-0.2, -0.15) is 9.98 Å². The van der Waals surface area contributed by atoms with E-state index in [1.54, 1.807) is 0 Å². The summed E-state index contributed by atoms with van der Waals surface area (Å²) in [7, 11) is -3.74. The summed E-state index contributed by atoms with van der Waals surface area (Å²) in [5.74, 6) is 0. The monoisotopic (exact) mass is 362 g/mol. The first-order valence-corrected chi connectivity index (χ1v) is 8.19. The van der Waals surface area contributed by atoms with E-state index in [2.05, 4.69) is 26.7 Å². The molecule has 0 radical (unpaired) electrons. The van der Waals surface area contributed by atoms with Gasteiger partial charge in [-0.05, 0) is 40.5 Å². The van der Waals surface area contributed by atoms with Crippen LogP contribution in [-0.4, -0.2) is 14.0 Å². The largest absolute Gasteiger partial charge is 0.242 e. The molecule has 0 aliphatic heterocycles. The fourth-order valence-corrected chi connectivity index (χ4v) is 4.08. The average Bonchev–Trinajstić information content (AvgIpc) is 2.83. The molecular formula is C12H12BrClN2O2S. The number of hydrogen-bond donors (Lipinski definition) is 1. The van der Waals surface area contributed by atoms with E-state index in [4.69, 9.17) is 11.6 Å². The molecule has 4 nitrogen and oxygen atoms in total. The molecule has 1 saturated carbocycles. The molecule has 1 aliphatic rings. The first kappa shape index (κ1) is 14.8. The van der Waals surface area contributed by atoms with E-state index in [1.165, 1.54) is 18.2 Å². The van der Waals surface area contributed by atoms with Gasteiger partial charge in [-0.3, -0.25) is 0 Å². The zero-order chi connectivity index (χ0) is 14.5. The van der Waals surface area contributed by atoms with Crippen molar-refractivity contribution < 1.29 is 8.42 Å². The van der Waals surface area contributed by atoms with Gasteiger partial charge in [0.25, 0.3) is 0 Å². The molecule has 0 bridgehead atoms. The lowest BCUT2D eigenvalue weighted by Crippen LogP contribution is -2.39. The van der Waals surface area contributed by atoms with Crippen LogP contribution in [0, 0.1) is 16.7 Å². The van der Waals surface area contributed by atoms with E-state index in [-0.39, 0.29) is 10.3 Å². The van der Waals surface area contributed by atoms with Gasteiger partial charge in [0, 0.05) is 9.89 Å². The Labute approximate surface area is 125 Å². The van der Waals surface area contributed by atoms with Crippen LogP contribution in [0.1, 0.15) is 20.3 Å². The summed E-state index contributed by atoms with van der Waals surface area (Å²) >= 11 is 9.02. The Kier molecular flexibility index (Phi) is 3.47. The number of nitrogens with one attached hydrogen (secondary N) is 1. The SMILES string of the molecule is CC1(C)CC1(C#N)NS(=O)(=O)c1ccc(Cl)c(Br)c1. The zero-order valence-electron chi connectivity index (χ0n) is 10.4. The van der Waals surface area contributed by atoms with Crippen LogP contribution in [-0.2, 0) is 10.0 Å². The molecule has 19 heavy (non-hydrogen) atoms. The average molecular weight is 364 g/mol. The van der Waals surface area contributed by atoms with Crippen LogP contribution in [0.15, 0.2) is 27.6 Å². The van der Waals surface area contributed by atoms with Gasteiger partial charge < -0.3 is 0 Å². The highest BCUT2D eigenvalue weighted by Gasteiger charge is 2.64. The van der Waals surface area contributed by atoms with Gasteiger partial charge in [0.15, 0.2) is 0 Å². The minimum atomic E-state index is -3.74. The van der Waals surface area contributed by atoms with E-state index in [1.807, 2.05) is 13.8 Å². The Morgan fingerprint density at radius 3 is 2.47 bits per heavy atom. The molecule has 1 aromatic rings. The molecular weight excluding hydrogens is 352 g/mol. The van der Waals surface area contributed by atoms with Crippen LogP contribution in [0.3, 0.4) is 0 Å². The number of rotatable bonds is 3. The summed E-state index contributed by atoms with van der Waals surface area (Å²) in [5.41, 5.74) is -1.36. The highest BCUT2D eigenvalue weighted by atomic mass is 79.9. The molecule has 102 valence electrons. The topological polar surface area (TPSA) is 70.0 Å². The molecule has 1 N–H and O–H groups in total. The fourth-order valence-electron chi connectivity index (χ4n) is 1.94. The van der Waals surface area contributed by atoms with Gasteiger partial charge in [0.2, 0.25) is 10.0 Å². The van der Waals surface area contributed by atoms with Crippen LogP contribution in [0.5, 0.6) is 0 Å². The smallest absolute Gasteiger partial charge is 0.207 e. The van der Waals surface area contributed by atoms with E-state index in [0.717, 1.165) is 0 Å². The van der Waals surface area contributed by atoms with Crippen molar-refractivity contribution in [1.29, 1.82) is 5.26 Å². The number of nitriles is 1. The summed E-state index contributed by atoms with van der Waals surface area (Å²) in [5, 5.41) is 9.62. The van der Waals surface area contributed by atoms with Crippen molar-refractivity contribution >= 4 is 37.6 Å². The first-order valence-electron chi connectivity index (χ1n) is 5.54. The molecule has 0 aromatic heterocycles. The molecule has 1 atom stereocenters. The second-order valence-electron chi connectivity index (χ2n) is 5.26. The van der Waals surface area contributed by atoms with E-state index in [9.17, 15) is 13.7 Å². The summed E-state index contributed by atoms with van der Waals surface area (Å²) in [4.78, 5) is 0.0844. The van der Waals surface area contributed by atoms with Crippen molar-refractivity contribution in [3.63, 3.8) is 0 Å². The molecule has 7 heteroatoms. The van der Waals surface area contributed by atoms with Gasteiger partial charge in [-0.1, -0.05) is 25.4 Å². The van der Waals surface area contributed by atoms with Crippen molar-refractivity contribution in [3.05, 3.63) is 27.7 Å². The minimum absolute atomic E-state index is 0.0844. The van der Waals surface area contributed by atoms with Crippen LogP contribution >= 0.6 is 27.5 Å². The Balaban J connectivity index is 2.35. The van der Waals surface area contributed by atoms with Crippen molar-refractivity contribution in [2.45, 2.75) is 30.7 Å². The quantitative estimate of drug-likeness (QED) is 0.897. The van der Waals surface area contributed by atoms with Crippen molar-refractivity contribution in [3.8, 4) is 6.07 Å². The van der Waals surface area contributed by atoms with E-state index >= 15 is 0 Å². The number of halogens is 2. The number of sulfonamides is 1. The Hall–Kier alpha value is -0.610. The molecule has 0 heterocycles. The van der Waals surface area contributed by atoms with Crippen molar-refractivity contribution in [1.82, 2.24) is 4.72 Å². The highest BCUT2D eigenvalue weighted by Crippen LogP contribution is 2.55. The van der Waals surface area contributed by atoms with Crippen LogP contribution in [0.25, 0.3) is 0 Å². The van der Waals surface area contributed by atoms with Gasteiger partial charge in [0.05, 0.1) is 16.0 Å². The molecule has 2 rings (SSSR count). The van der Waals surface area contributed by atoms with Gasteiger partial charge in [-0.15, -0.1) is 0 Å². The molecule has 0 saturated heterocycles. The molecule has 1 fully saturated rings. The lowest BCUT2D eigenvalue weighted by molar-refractivity contribution is 0.513. The molecule has 0 amide bonds. The number of nitrogens with zero attached hydrogens (tertiary/aromatic N) is 1. The standard InChI is InChI=1S/C12H12BrClN2O2S/c1-11(2)6-12(11,7-15)16-19(17,18)8-3-4-10(14)9(13)5-8/h3-5,16H,6H2,1-2H3. The summed E-state index contributed by atoms with van der Waals surface area (Å²) in [6.45, 7) is 3.72. The lowest BCUT2D eigenvalue weighted by atomic mass is 10.1. The molecule has 1 unspecified atom stereocenters. The number of benzene rings is 1. The highest BCUT2D eigenvalue weighted by molar-refractivity contribution is 9.10. The summed E-state index contributed by atoms with van der Waals surface area (Å²) < 4.78 is 27.5. The third-order valence-electron chi connectivity index (χ3n) is 3.44. The third kappa shape index (κ3) is 2.52. The predicted molar refractivity (Wildman–Crippen MR) is 76.2 cm³/mol. The Morgan fingerprint density at radius 2 is 2.05 bits per heavy atom. The van der Waals surface area contributed by atoms with Gasteiger partial charge >= 0.3 is 0 Å². The lowest BCUT2D eigenvalue weighted by Gasteiger charge is -2.15. The fraction of sp³-hybridized carbons (Fsp3) is 0.417. The van der Waals surface area contributed by atoms with Crippen LogP contribution < -0.4 is 4.72 Å². The predicted octanol–water partition coefficient (Wildman–Crippen LogP) is 3.07. The summed E-state index contributed by atoms with van der Waals surface area (Å²) in [6.07, 6.45) is 0.504. The van der Waals surface area contributed by atoms with Crippen LogP contribution in [0.2, 0.25) is 5.02 Å². The van der Waals surface area contributed by atoms with Gasteiger partial charge in [0.1, 0.15) is 5.54 Å². The molecule has 0 spiro atoms. The van der Waals surface area contributed by atoms with Crippen molar-refractivity contribution in [2.75, 3.05) is 0 Å². The molecule has 1 aliphatic carbocycles. The maximum atomic E-state index is 12.3. The Morgan fingerprint density at radius 1 is 1.47 bits per heavy atom. The van der Waals surface area contributed by atoms with E-state index in [0.29, 0.717) is 15.9 Å². The number of hydrogen-bond acceptors (Lipinski definition) is 3. The zero-order valence-corrected chi connectivity index (χ0v) is 13.5. The second-order valence-corrected chi connectivity index (χ2v) is 8.20. The van der Waals surface area contributed by atoms with Crippen LogP contribution in [0.4, 0.5) is 0 Å². The first-order chi connectivity index (χ1) is 8.63. The van der Waals surface area contributed by atoms with E-state index < -0.39 is 15.6 Å². The molecule has 1 aromatic carbocycles. The Bertz CT molecular complexity index is 681. The minimum Gasteiger partial charge on any atom is -0.207 e. The van der Waals surface area contributed by atoms with Gasteiger partial charge in [-0.25, -0.2) is 8.42 Å². The van der Waals surface area contributed by atoms with Crippen molar-refractivity contribution in [2.24, 2.45) is 5.41 Å². The maximum absolute atomic E-state index is 12.3. The third-order valence-corrected chi connectivity index (χ3v) is 6.14. The normalized spacial score (nSPS) is 24.8. The maximum Gasteiger partial charge on any atom is 0.242 e. The second kappa shape index (κ2) is 4.45.